The molecule has 0 unspecified atom stereocenters. The maximum absolute atomic E-state index is 13.2. The lowest BCUT2D eigenvalue weighted by Crippen LogP contribution is -1.89. The van der Waals surface area contributed by atoms with E-state index in [9.17, 15) is 4.39 Å². The SMILES string of the molecule is Cc1ccc(-c2[nH]ncc2N)cc1F. The van der Waals surface area contributed by atoms with E-state index in [0.717, 1.165) is 0 Å². The molecule has 0 saturated heterocycles. The second kappa shape index (κ2) is 3.14. The number of benzene rings is 1. The highest BCUT2D eigenvalue weighted by molar-refractivity contribution is 5.71. The van der Waals surface area contributed by atoms with Crippen LogP contribution in [0.1, 0.15) is 5.56 Å². The van der Waals surface area contributed by atoms with E-state index in [-0.39, 0.29) is 5.82 Å². The van der Waals surface area contributed by atoms with Crippen LogP contribution in [0.3, 0.4) is 0 Å². The van der Waals surface area contributed by atoms with Gasteiger partial charge < -0.3 is 5.73 Å². The fourth-order valence-electron chi connectivity index (χ4n) is 1.28. The Balaban J connectivity index is 2.53. The lowest BCUT2D eigenvalue weighted by molar-refractivity contribution is 0.619. The number of aryl methyl sites for hydroxylation is 1. The van der Waals surface area contributed by atoms with Crippen molar-refractivity contribution in [2.45, 2.75) is 6.92 Å². The molecule has 0 saturated carbocycles. The van der Waals surface area contributed by atoms with Gasteiger partial charge in [-0.2, -0.15) is 5.10 Å². The Morgan fingerprint density at radius 1 is 1.43 bits per heavy atom. The van der Waals surface area contributed by atoms with Gasteiger partial charge in [-0.3, -0.25) is 5.10 Å². The molecule has 1 aromatic heterocycles. The summed E-state index contributed by atoms with van der Waals surface area (Å²) in [4.78, 5) is 0. The smallest absolute Gasteiger partial charge is 0.126 e. The third-order valence-electron chi connectivity index (χ3n) is 2.13. The number of aromatic amines is 1. The number of nitrogens with zero attached hydrogens (tertiary/aromatic N) is 1. The lowest BCUT2D eigenvalue weighted by Gasteiger charge is -2.01. The van der Waals surface area contributed by atoms with Crippen LogP contribution in [-0.4, -0.2) is 10.2 Å². The Hall–Kier alpha value is -1.84. The first-order valence-corrected chi connectivity index (χ1v) is 4.24. The van der Waals surface area contributed by atoms with Crippen molar-refractivity contribution in [1.29, 1.82) is 0 Å². The van der Waals surface area contributed by atoms with Gasteiger partial charge in [0.1, 0.15) is 5.82 Å². The Morgan fingerprint density at radius 2 is 2.21 bits per heavy atom. The molecule has 0 fully saturated rings. The predicted octanol–water partition coefficient (Wildman–Crippen LogP) is 2.11. The van der Waals surface area contributed by atoms with Crippen molar-refractivity contribution in [2.24, 2.45) is 0 Å². The normalized spacial score (nSPS) is 10.4. The van der Waals surface area contributed by atoms with Crippen LogP contribution in [0.15, 0.2) is 24.4 Å². The average Bonchev–Trinajstić information content (AvgIpc) is 2.57. The van der Waals surface area contributed by atoms with E-state index in [1.807, 2.05) is 6.07 Å². The van der Waals surface area contributed by atoms with Gasteiger partial charge in [0.25, 0.3) is 0 Å². The van der Waals surface area contributed by atoms with E-state index in [0.29, 0.717) is 22.5 Å². The molecule has 2 aromatic rings. The molecule has 0 radical (unpaired) electrons. The van der Waals surface area contributed by atoms with E-state index >= 15 is 0 Å². The van der Waals surface area contributed by atoms with Crippen molar-refractivity contribution in [1.82, 2.24) is 10.2 Å². The summed E-state index contributed by atoms with van der Waals surface area (Å²) in [6.45, 7) is 1.72. The maximum atomic E-state index is 13.2. The van der Waals surface area contributed by atoms with Crippen LogP contribution in [0.2, 0.25) is 0 Å². The van der Waals surface area contributed by atoms with E-state index in [1.54, 1.807) is 13.0 Å². The first-order valence-electron chi connectivity index (χ1n) is 4.24. The fraction of sp³-hybridized carbons (Fsp3) is 0.100. The number of H-pyrrole nitrogens is 1. The molecular formula is C10H10FN3. The first kappa shape index (κ1) is 8.74. The summed E-state index contributed by atoms with van der Waals surface area (Å²) in [7, 11) is 0. The van der Waals surface area contributed by atoms with Crippen LogP contribution in [0.4, 0.5) is 10.1 Å². The number of halogens is 1. The topological polar surface area (TPSA) is 54.7 Å². The summed E-state index contributed by atoms with van der Waals surface area (Å²) in [6, 6.07) is 4.96. The van der Waals surface area contributed by atoms with Gasteiger partial charge in [0.05, 0.1) is 17.6 Å². The molecule has 0 bridgehead atoms. The molecule has 3 N–H and O–H groups in total. The van der Waals surface area contributed by atoms with Crippen molar-refractivity contribution < 1.29 is 4.39 Å². The highest BCUT2D eigenvalue weighted by Crippen LogP contribution is 2.24. The highest BCUT2D eigenvalue weighted by atomic mass is 19.1. The third-order valence-corrected chi connectivity index (χ3v) is 2.13. The Labute approximate surface area is 80.8 Å². The molecule has 72 valence electrons. The number of anilines is 1. The predicted molar refractivity (Wildman–Crippen MR) is 53.1 cm³/mol. The minimum absolute atomic E-state index is 0.239. The minimum atomic E-state index is -0.239. The molecule has 0 spiro atoms. The Bertz CT molecular complexity index is 462. The quantitative estimate of drug-likeness (QED) is 0.725. The molecule has 1 heterocycles. The van der Waals surface area contributed by atoms with Crippen LogP contribution in [0, 0.1) is 12.7 Å². The van der Waals surface area contributed by atoms with Crippen molar-refractivity contribution in [3.05, 3.63) is 35.8 Å². The summed E-state index contributed by atoms with van der Waals surface area (Å²) < 4.78 is 13.2. The van der Waals surface area contributed by atoms with Gasteiger partial charge in [-0.25, -0.2) is 4.39 Å². The molecule has 0 amide bonds. The zero-order valence-electron chi connectivity index (χ0n) is 7.71. The van der Waals surface area contributed by atoms with Crippen LogP contribution >= 0.6 is 0 Å². The van der Waals surface area contributed by atoms with Crippen LogP contribution in [-0.2, 0) is 0 Å². The number of nitrogens with two attached hydrogens (primary N) is 1. The van der Waals surface area contributed by atoms with Gasteiger partial charge in [0.15, 0.2) is 0 Å². The summed E-state index contributed by atoms with van der Waals surface area (Å²) in [5.74, 6) is -0.239. The minimum Gasteiger partial charge on any atom is -0.396 e. The monoisotopic (exact) mass is 191 g/mol. The zero-order valence-corrected chi connectivity index (χ0v) is 7.71. The van der Waals surface area contributed by atoms with Gasteiger partial charge in [-0.05, 0) is 18.6 Å². The zero-order chi connectivity index (χ0) is 10.1. The van der Waals surface area contributed by atoms with Crippen LogP contribution in [0.25, 0.3) is 11.3 Å². The van der Waals surface area contributed by atoms with Gasteiger partial charge >= 0.3 is 0 Å². The largest absolute Gasteiger partial charge is 0.396 e. The Morgan fingerprint density at radius 3 is 2.79 bits per heavy atom. The van der Waals surface area contributed by atoms with Gasteiger partial charge in [-0.1, -0.05) is 12.1 Å². The van der Waals surface area contributed by atoms with E-state index in [1.165, 1.54) is 12.3 Å². The average molecular weight is 191 g/mol. The van der Waals surface area contributed by atoms with Crippen LogP contribution in [0.5, 0.6) is 0 Å². The summed E-state index contributed by atoms with van der Waals surface area (Å²) in [6.07, 6.45) is 1.51. The summed E-state index contributed by atoms with van der Waals surface area (Å²) in [5, 5.41) is 6.50. The number of hydrogen-bond donors (Lipinski definition) is 2. The van der Waals surface area contributed by atoms with Crippen molar-refractivity contribution in [3.8, 4) is 11.3 Å². The second-order valence-corrected chi connectivity index (χ2v) is 3.16. The van der Waals surface area contributed by atoms with Crippen molar-refractivity contribution >= 4 is 5.69 Å². The molecule has 14 heavy (non-hydrogen) atoms. The second-order valence-electron chi connectivity index (χ2n) is 3.16. The van der Waals surface area contributed by atoms with Gasteiger partial charge in [0.2, 0.25) is 0 Å². The molecule has 0 aliphatic rings. The Kier molecular flexibility index (Phi) is 1.96. The first-order chi connectivity index (χ1) is 6.68. The fourth-order valence-corrected chi connectivity index (χ4v) is 1.28. The van der Waals surface area contributed by atoms with Gasteiger partial charge in [0, 0.05) is 5.56 Å². The molecule has 2 rings (SSSR count). The molecular weight excluding hydrogens is 181 g/mol. The molecule has 0 aliphatic heterocycles. The standard InChI is InChI=1S/C10H10FN3/c1-6-2-3-7(4-8(6)11)10-9(12)5-13-14-10/h2-5H,12H2,1H3,(H,13,14). The van der Waals surface area contributed by atoms with E-state index in [2.05, 4.69) is 10.2 Å². The lowest BCUT2D eigenvalue weighted by atomic mass is 10.1. The highest BCUT2D eigenvalue weighted by Gasteiger charge is 2.06. The molecule has 3 nitrogen and oxygen atoms in total. The van der Waals surface area contributed by atoms with Crippen LogP contribution < -0.4 is 5.73 Å². The summed E-state index contributed by atoms with van der Waals surface area (Å²) >= 11 is 0. The number of nitrogens with one attached hydrogen (secondary N) is 1. The maximum Gasteiger partial charge on any atom is 0.126 e. The number of hydrogen-bond acceptors (Lipinski definition) is 2. The van der Waals surface area contributed by atoms with Crippen molar-refractivity contribution in [2.75, 3.05) is 5.73 Å². The number of aromatic nitrogens is 2. The molecule has 4 heteroatoms. The third kappa shape index (κ3) is 1.35. The van der Waals surface area contributed by atoms with E-state index in [4.69, 9.17) is 5.73 Å². The van der Waals surface area contributed by atoms with Gasteiger partial charge in [-0.15, -0.1) is 0 Å². The van der Waals surface area contributed by atoms with E-state index < -0.39 is 0 Å². The molecule has 0 aliphatic carbocycles. The number of rotatable bonds is 1. The molecule has 0 atom stereocenters. The number of nitrogen functional groups attached to an aromatic ring is 1. The summed E-state index contributed by atoms with van der Waals surface area (Å²) in [5.41, 5.74) is 8.15. The van der Waals surface area contributed by atoms with Crippen molar-refractivity contribution in [3.63, 3.8) is 0 Å². The molecule has 1 aromatic carbocycles.